The molecule has 0 bridgehead atoms. The number of hydrogen-bond acceptors (Lipinski definition) is 5. The van der Waals surface area contributed by atoms with E-state index in [0.29, 0.717) is 30.3 Å². The van der Waals surface area contributed by atoms with Crippen LogP contribution in [0.2, 0.25) is 0 Å². The van der Waals surface area contributed by atoms with Gasteiger partial charge >= 0.3 is 0 Å². The number of benzene rings is 1. The second-order valence-corrected chi connectivity index (χ2v) is 4.06. The quantitative estimate of drug-likeness (QED) is 0.825. The first kappa shape index (κ1) is 13.2. The van der Waals surface area contributed by atoms with Gasteiger partial charge in [-0.25, -0.2) is 0 Å². The molecule has 0 saturated heterocycles. The number of aliphatic hydroxyl groups is 1. The Labute approximate surface area is 110 Å². The van der Waals surface area contributed by atoms with Crippen molar-refractivity contribution in [3.63, 3.8) is 0 Å². The summed E-state index contributed by atoms with van der Waals surface area (Å²) in [6.07, 6.45) is -1.06. The monoisotopic (exact) mass is 262 g/mol. The van der Waals surface area contributed by atoms with Gasteiger partial charge in [0.15, 0.2) is 11.5 Å². The lowest BCUT2D eigenvalue weighted by atomic mass is 10.1. The number of hydrogen-bond donors (Lipinski definition) is 2. The van der Waals surface area contributed by atoms with Gasteiger partial charge in [-0.3, -0.25) is 4.79 Å². The Morgan fingerprint density at radius 1 is 1.42 bits per heavy atom. The molecular weight excluding hydrogens is 248 g/mol. The summed E-state index contributed by atoms with van der Waals surface area (Å²) in [5, 5.41) is 20.8. The SMILES string of the molecule is N#CCC(=O)NCC(O)c1ccc2c(c1)OCCO2. The molecule has 0 aromatic heterocycles. The third kappa shape index (κ3) is 3.36. The van der Waals surface area contributed by atoms with Gasteiger partial charge in [0, 0.05) is 6.54 Å². The van der Waals surface area contributed by atoms with Crippen molar-refractivity contribution < 1.29 is 19.4 Å². The van der Waals surface area contributed by atoms with Gasteiger partial charge in [0.1, 0.15) is 19.6 Å². The Balaban J connectivity index is 1.97. The smallest absolute Gasteiger partial charge is 0.234 e. The minimum absolute atomic E-state index is 0.0557. The van der Waals surface area contributed by atoms with E-state index in [0.717, 1.165) is 0 Å². The van der Waals surface area contributed by atoms with Gasteiger partial charge in [-0.2, -0.15) is 5.26 Å². The molecule has 6 heteroatoms. The summed E-state index contributed by atoms with van der Waals surface area (Å²) in [7, 11) is 0. The van der Waals surface area contributed by atoms with Crippen molar-refractivity contribution in [3.05, 3.63) is 23.8 Å². The highest BCUT2D eigenvalue weighted by atomic mass is 16.6. The summed E-state index contributed by atoms with van der Waals surface area (Å²) in [5.41, 5.74) is 0.626. The molecule has 1 amide bonds. The lowest BCUT2D eigenvalue weighted by Gasteiger charge is -2.20. The third-order valence-electron chi connectivity index (χ3n) is 2.68. The number of ether oxygens (including phenoxy) is 2. The maximum Gasteiger partial charge on any atom is 0.234 e. The molecule has 1 aromatic rings. The number of nitrogens with zero attached hydrogens (tertiary/aromatic N) is 1. The van der Waals surface area contributed by atoms with Crippen molar-refractivity contribution in [2.45, 2.75) is 12.5 Å². The third-order valence-corrected chi connectivity index (χ3v) is 2.68. The number of fused-ring (bicyclic) bond motifs is 1. The van der Waals surface area contributed by atoms with Crippen molar-refractivity contribution in [2.75, 3.05) is 19.8 Å². The summed E-state index contributed by atoms with van der Waals surface area (Å²) in [4.78, 5) is 11.1. The minimum Gasteiger partial charge on any atom is -0.486 e. The Morgan fingerprint density at radius 3 is 2.89 bits per heavy atom. The summed E-state index contributed by atoms with van der Waals surface area (Å²) >= 11 is 0. The zero-order valence-electron chi connectivity index (χ0n) is 10.3. The van der Waals surface area contributed by atoms with Crippen molar-refractivity contribution in [3.8, 4) is 17.6 Å². The Hall–Kier alpha value is -2.26. The zero-order valence-corrected chi connectivity index (χ0v) is 10.3. The van der Waals surface area contributed by atoms with E-state index < -0.39 is 12.0 Å². The van der Waals surface area contributed by atoms with Gasteiger partial charge in [-0.1, -0.05) is 6.07 Å². The fourth-order valence-electron chi connectivity index (χ4n) is 1.73. The highest BCUT2D eigenvalue weighted by Gasteiger charge is 2.15. The van der Waals surface area contributed by atoms with Gasteiger partial charge in [0.2, 0.25) is 5.91 Å². The number of rotatable bonds is 4. The molecule has 2 rings (SSSR count). The normalized spacial score (nSPS) is 14.3. The molecule has 0 saturated carbocycles. The van der Waals surface area contributed by atoms with E-state index in [1.165, 1.54) is 0 Å². The topological polar surface area (TPSA) is 91.6 Å². The van der Waals surface area contributed by atoms with Crippen molar-refractivity contribution in [2.24, 2.45) is 0 Å². The first-order valence-electron chi connectivity index (χ1n) is 5.92. The number of aliphatic hydroxyl groups excluding tert-OH is 1. The Bertz CT molecular complexity index is 510. The fraction of sp³-hybridized carbons (Fsp3) is 0.385. The lowest BCUT2D eigenvalue weighted by molar-refractivity contribution is -0.120. The predicted octanol–water partition coefficient (Wildman–Crippen LogP) is 0.521. The molecule has 0 spiro atoms. The standard InChI is InChI=1S/C13H14N2O4/c14-4-3-13(17)15-8-10(16)9-1-2-11-12(7-9)19-6-5-18-11/h1-2,7,10,16H,3,5-6,8H2,(H,15,17). The van der Waals surface area contributed by atoms with Crippen molar-refractivity contribution in [1.82, 2.24) is 5.32 Å². The summed E-state index contributed by atoms with van der Waals surface area (Å²) in [5.74, 6) is 0.834. The minimum atomic E-state index is -0.849. The molecule has 1 atom stereocenters. The van der Waals surface area contributed by atoms with Crippen LogP contribution in [0.4, 0.5) is 0 Å². The molecular formula is C13H14N2O4. The summed E-state index contributed by atoms with van der Waals surface area (Å²) < 4.78 is 10.8. The molecule has 0 radical (unpaired) electrons. The van der Waals surface area contributed by atoms with Gasteiger partial charge in [0.05, 0.1) is 12.2 Å². The lowest BCUT2D eigenvalue weighted by Crippen LogP contribution is -2.27. The summed E-state index contributed by atoms with van der Waals surface area (Å²) in [6.45, 7) is 1.05. The molecule has 1 aliphatic rings. The molecule has 2 N–H and O–H groups in total. The van der Waals surface area contributed by atoms with Crippen molar-refractivity contribution >= 4 is 5.91 Å². The molecule has 0 fully saturated rings. The van der Waals surface area contributed by atoms with Crippen LogP contribution in [0.1, 0.15) is 18.1 Å². The first-order valence-corrected chi connectivity index (χ1v) is 5.92. The van der Waals surface area contributed by atoms with Gasteiger partial charge in [-0.15, -0.1) is 0 Å². The van der Waals surface area contributed by atoms with E-state index in [1.807, 2.05) is 0 Å². The molecule has 19 heavy (non-hydrogen) atoms. The summed E-state index contributed by atoms with van der Waals surface area (Å²) in [6, 6.07) is 6.88. The number of nitrogens with one attached hydrogen (secondary N) is 1. The molecule has 6 nitrogen and oxygen atoms in total. The number of nitriles is 1. The Morgan fingerprint density at radius 2 is 2.16 bits per heavy atom. The molecule has 1 aromatic carbocycles. The average Bonchev–Trinajstić information content (AvgIpc) is 2.44. The van der Waals surface area contributed by atoms with Crippen molar-refractivity contribution in [1.29, 1.82) is 5.26 Å². The average molecular weight is 262 g/mol. The number of carbonyl (C=O) groups excluding carboxylic acids is 1. The van der Waals surface area contributed by atoms with E-state index >= 15 is 0 Å². The maximum atomic E-state index is 11.1. The predicted molar refractivity (Wildman–Crippen MR) is 65.6 cm³/mol. The van der Waals surface area contributed by atoms with Gasteiger partial charge in [0.25, 0.3) is 0 Å². The van der Waals surface area contributed by atoms with Crippen LogP contribution in [0.15, 0.2) is 18.2 Å². The molecule has 1 heterocycles. The first-order chi connectivity index (χ1) is 9.20. The van der Waals surface area contributed by atoms with E-state index in [4.69, 9.17) is 14.7 Å². The molecule has 0 aliphatic carbocycles. The van der Waals surface area contributed by atoms with Crippen LogP contribution < -0.4 is 14.8 Å². The van der Waals surface area contributed by atoms with Crippen LogP contribution in [-0.4, -0.2) is 30.8 Å². The number of carbonyl (C=O) groups is 1. The van der Waals surface area contributed by atoms with Crippen LogP contribution in [0.5, 0.6) is 11.5 Å². The van der Waals surface area contributed by atoms with Crippen LogP contribution in [0.3, 0.4) is 0 Å². The van der Waals surface area contributed by atoms with Crippen LogP contribution in [0.25, 0.3) is 0 Å². The Kier molecular flexibility index (Phi) is 4.21. The second-order valence-electron chi connectivity index (χ2n) is 4.06. The molecule has 100 valence electrons. The second kappa shape index (κ2) is 6.07. The van der Waals surface area contributed by atoms with Gasteiger partial charge in [-0.05, 0) is 17.7 Å². The van der Waals surface area contributed by atoms with Gasteiger partial charge < -0.3 is 19.9 Å². The highest BCUT2D eigenvalue weighted by molar-refractivity contribution is 5.77. The van der Waals surface area contributed by atoms with E-state index in [9.17, 15) is 9.90 Å². The van der Waals surface area contributed by atoms with E-state index in [-0.39, 0.29) is 13.0 Å². The molecule has 1 unspecified atom stereocenters. The zero-order chi connectivity index (χ0) is 13.7. The van der Waals surface area contributed by atoms with Crippen LogP contribution in [0, 0.1) is 11.3 Å². The van der Waals surface area contributed by atoms with E-state index in [1.54, 1.807) is 24.3 Å². The fourth-order valence-corrected chi connectivity index (χ4v) is 1.73. The van der Waals surface area contributed by atoms with Crippen LogP contribution in [-0.2, 0) is 4.79 Å². The number of amides is 1. The highest BCUT2D eigenvalue weighted by Crippen LogP contribution is 2.32. The van der Waals surface area contributed by atoms with E-state index in [2.05, 4.69) is 5.32 Å². The molecule has 1 aliphatic heterocycles. The largest absolute Gasteiger partial charge is 0.486 e. The maximum absolute atomic E-state index is 11.1. The van der Waals surface area contributed by atoms with Crippen LogP contribution >= 0.6 is 0 Å².